The minimum absolute atomic E-state index is 0.00915. The van der Waals surface area contributed by atoms with Gasteiger partial charge in [-0.25, -0.2) is 4.79 Å². The van der Waals surface area contributed by atoms with E-state index in [1.165, 1.54) is 6.92 Å². The highest BCUT2D eigenvalue weighted by atomic mass is 16.4. The van der Waals surface area contributed by atoms with Crippen molar-refractivity contribution in [1.82, 2.24) is 111 Å². The molecule has 37 N–H and O–H groups in total. The highest BCUT2D eigenvalue weighted by Gasteiger charge is 2.44. The first kappa shape index (κ1) is 118. The Labute approximate surface area is 795 Å². The molecule has 3 saturated heterocycles. The summed E-state index contributed by atoms with van der Waals surface area (Å²) in [6, 6.07) is -21.0. The SMILES string of the molecule is CC(C)C[C@H](NC(=O)[C@H](CCCNC(=N)N)NC(=O)[C@@H]1CCCN1C(=O)[C@H](CCCNC(=N)N)NC(=O)[C@H](CC(=O)O)NC(=O)CNC(=O)[C@H](CCCCN)NC(=O)[C@@H]1CCCN1C(=O)[C@H](CCC(=O)O)NC(=O)[C@H](CCCCN)NC(=O)[C@H](CC(=O)O)NC(=O)CNC(=O)[C@H](CCCCN)NC(=O)[C@H](CCCCN)NC(=O)CNC(=O)CNC(=O)CNC(=O)[C@@H]1CC(=O)N[C@@H](C)C(=O)N1)C(=O)O. The maximum absolute atomic E-state index is 14.8. The highest BCUT2D eigenvalue weighted by Crippen LogP contribution is 2.24. The van der Waals surface area contributed by atoms with Gasteiger partial charge in [-0.3, -0.25) is 116 Å². The van der Waals surface area contributed by atoms with Gasteiger partial charge in [0.05, 0.1) is 52.0 Å². The number of carboxylic acids is 4. The lowest BCUT2D eigenvalue weighted by Crippen LogP contribution is -2.59. The number of likely N-dealkylation sites (tertiary alicyclic amines) is 2. The second kappa shape index (κ2) is 63.5. The molecule has 0 spiro atoms. The second-order valence-electron chi connectivity index (χ2n) is 33.6. The summed E-state index contributed by atoms with van der Waals surface area (Å²) in [4.78, 5) is 310. The zero-order valence-corrected chi connectivity index (χ0v) is 77.8. The van der Waals surface area contributed by atoms with Crippen LogP contribution < -0.4 is 135 Å². The number of carboxylic acid groups (broad SMARTS) is 4. The number of rotatable bonds is 66. The standard InChI is InChI=1S/C82H139N29O27/c1-43(2)34-55(80(137)138)109-73(130)49(20-12-30-91-81(87)88)105-77(134)57-23-14-32-110(57)78(135)50(21-13-31-92-82(89)90)106-75(132)54(37-66(122)123)101-63(117)42-97-69(126)46(17-5-9-27-84)104-76(133)56-22-15-33-111(56)79(136)51(24-25-64(118)119)107-72(129)48(19-7-11-29-86)103-74(131)53(36-65(120)121)100-62(116)41-96-68(125)45(16-4-8-26-83)102-71(128)47(18-6-10-28-85)99-61(115)40-94-59(113)38-93-60(114)39-95-70(127)52-35-58(112)98-44(3)67(124)108-52/h43-57H,4-42,83-86H2,1-3H3,(H,93,114)(H,94,113)(H,95,127)(H,96,125)(H,97,126)(H,98,112)(H,99,115)(H,100,116)(H,101,117)(H,102,128)(H,103,131)(H,104,133)(H,105,134)(H,106,132)(H,107,129)(H,108,124)(H,109,130)(H,118,119)(H,120,121)(H,122,123)(H,137,138)(H4,87,88,91)(H4,89,90,92)/t44-,45-,46-,47-,48-,49-,50-,51-,52-,53-,54-,55-,56-,57-/m0/s1. The first-order valence-electron chi connectivity index (χ1n) is 45.8. The van der Waals surface area contributed by atoms with Gasteiger partial charge in [-0.05, 0) is 180 Å². The van der Waals surface area contributed by atoms with Crippen LogP contribution in [0.2, 0.25) is 0 Å². The lowest BCUT2D eigenvalue weighted by atomic mass is 10.0. The smallest absolute Gasteiger partial charge is 0.326 e. The molecule has 3 rings (SSSR count). The van der Waals surface area contributed by atoms with E-state index in [9.17, 15) is 131 Å². The number of amides is 19. The fourth-order valence-electron chi connectivity index (χ4n) is 14.7. The van der Waals surface area contributed by atoms with Crippen molar-refractivity contribution >= 4 is 148 Å². The topological polar surface area (TPSA) is 912 Å². The number of nitrogens with one attached hydrogen (secondary N) is 21. The van der Waals surface area contributed by atoms with Gasteiger partial charge in [-0.2, -0.15) is 0 Å². The van der Waals surface area contributed by atoms with Crippen LogP contribution in [0.3, 0.4) is 0 Å². The van der Waals surface area contributed by atoms with Crippen molar-refractivity contribution in [2.45, 2.75) is 272 Å². The Morgan fingerprint density at radius 1 is 0.377 bits per heavy atom. The number of nitrogens with two attached hydrogens (primary N) is 6. The Hall–Kier alpha value is -13.8. The van der Waals surface area contributed by atoms with E-state index >= 15 is 0 Å². The predicted molar refractivity (Wildman–Crippen MR) is 486 cm³/mol. The van der Waals surface area contributed by atoms with E-state index < -0.39 is 291 Å². The number of guanidine groups is 2. The molecule has 3 aliphatic heterocycles. The fraction of sp³-hybridized carbons (Fsp3) is 0.695. The summed E-state index contributed by atoms with van der Waals surface area (Å²) in [6.07, 6.45) is -2.56. The predicted octanol–water partition coefficient (Wildman–Crippen LogP) is -12.2. The molecule has 56 heteroatoms. The van der Waals surface area contributed by atoms with Crippen LogP contribution in [-0.4, -0.2) is 348 Å². The van der Waals surface area contributed by atoms with Crippen molar-refractivity contribution in [1.29, 1.82) is 10.8 Å². The van der Waals surface area contributed by atoms with Crippen molar-refractivity contribution in [3.8, 4) is 0 Å². The van der Waals surface area contributed by atoms with Gasteiger partial charge in [-0.15, -0.1) is 0 Å². The number of aliphatic carboxylic acids is 4. The Morgan fingerprint density at radius 2 is 0.710 bits per heavy atom. The third-order valence-electron chi connectivity index (χ3n) is 21.8. The first-order valence-corrected chi connectivity index (χ1v) is 45.8. The molecule has 0 bridgehead atoms. The molecule has 0 aromatic carbocycles. The molecule has 3 heterocycles. The molecule has 56 nitrogen and oxygen atoms in total. The highest BCUT2D eigenvalue weighted by molar-refractivity contribution is 6.03. The van der Waals surface area contributed by atoms with Crippen LogP contribution in [0.15, 0.2) is 0 Å². The van der Waals surface area contributed by atoms with Gasteiger partial charge in [0.2, 0.25) is 112 Å². The van der Waals surface area contributed by atoms with E-state index in [1.807, 2.05) is 0 Å². The maximum Gasteiger partial charge on any atom is 0.326 e. The van der Waals surface area contributed by atoms with Gasteiger partial charge in [-0.1, -0.05) is 13.8 Å². The summed E-state index contributed by atoms with van der Waals surface area (Å²) < 4.78 is 0. The Kier molecular flexibility index (Phi) is 54.5. The largest absolute Gasteiger partial charge is 0.481 e. The Morgan fingerprint density at radius 3 is 1.10 bits per heavy atom. The van der Waals surface area contributed by atoms with E-state index in [2.05, 4.69) is 101 Å². The van der Waals surface area contributed by atoms with Crippen LogP contribution in [0.5, 0.6) is 0 Å². The van der Waals surface area contributed by atoms with Crippen molar-refractivity contribution < 1.29 is 131 Å². The molecule has 0 aromatic heterocycles. The molecular formula is C82H139N29O27. The number of carbonyl (C=O) groups excluding carboxylic acids is 19. The van der Waals surface area contributed by atoms with Gasteiger partial charge in [0, 0.05) is 32.6 Å². The van der Waals surface area contributed by atoms with Crippen molar-refractivity contribution in [2.24, 2.45) is 40.3 Å². The molecule has 3 aliphatic rings. The Balaban J connectivity index is 1.80. The van der Waals surface area contributed by atoms with E-state index in [-0.39, 0.29) is 186 Å². The second-order valence-corrected chi connectivity index (χ2v) is 33.6. The summed E-state index contributed by atoms with van der Waals surface area (Å²) in [6.45, 7) is 1.07. The molecule has 19 amide bonds. The zero-order chi connectivity index (χ0) is 103. The summed E-state index contributed by atoms with van der Waals surface area (Å²) in [5, 5.41) is 100. The first-order chi connectivity index (χ1) is 65.3. The molecule has 14 atom stereocenters. The van der Waals surface area contributed by atoms with Crippen LogP contribution in [0.1, 0.15) is 188 Å². The van der Waals surface area contributed by atoms with Crippen LogP contribution in [0, 0.1) is 16.7 Å². The van der Waals surface area contributed by atoms with Crippen LogP contribution in [0.25, 0.3) is 0 Å². The molecule has 3 fully saturated rings. The Bertz CT molecular complexity index is 4240. The molecule has 0 saturated carbocycles. The van der Waals surface area contributed by atoms with E-state index in [1.54, 1.807) is 13.8 Å². The molecule has 0 aromatic rings. The average Bonchev–Trinajstić information content (AvgIpc) is 1.30. The van der Waals surface area contributed by atoms with E-state index in [0.29, 0.717) is 12.8 Å². The monoisotopic (exact) mass is 1960 g/mol. The third kappa shape index (κ3) is 45.7. The molecule has 0 aliphatic carbocycles. The fourth-order valence-corrected chi connectivity index (χ4v) is 14.7. The van der Waals surface area contributed by atoms with E-state index in [4.69, 9.17) is 45.2 Å². The number of hydrogen-bond acceptors (Lipinski definition) is 29. The van der Waals surface area contributed by atoms with Crippen molar-refractivity contribution in [3.05, 3.63) is 0 Å². The summed E-state index contributed by atoms with van der Waals surface area (Å²) >= 11 is 0. The van der Waals surface area contributed by atoms with Gasteiger partial charge >= 0.3 is 23.9 Å². The van der Waals surface area contributed by atoms with E-state index in [0.717, 1.165) is 9.80 Å². The van der Waals surface area contributed by atoms with Crippen LogP contribution in [0.4, 0.5) is 0 Å². The summed E-state index contributed by atoms with van der Waals surface area (Å²) in [5.74, 6) is -25.3. The minimum atomic E-state index is -2.01. The van der Waals surface area contributed by atoms with Crippen LogP contribution >= 0.6 is 0 Å². The lowest BCUT2D eigenvalue weighted by molar-refractivity contribution is -0.144. The number of hydrogen-bond donors (Lipinski definition) is 31. The maximum atomic E-state index is 14.8. The van der Waals surface area contributed by atoms with Gasteiger partial charge in [0.15, 0.2) is 11.9 Å². The van der Waals surface area contributed by atoms with Crippen molar-refractivity contribution in [2.75, 3.05) is 85.1 Å². The summed E-state index contributed by atoms with van der Waals surface area (Å²) in [5.41, 5.74) is 33.8. The molecule has 0 unspecified atom stereocenters. The van der Waals surface area contributed by atoms with Gasteiger partial charge in [0.1, 0.15) is 84.6 Å². The molecule has 138 heavy (non-hydrogen) atoms. The van der Waals surface area contributed by atoms with Crippen LogP contribution in [-0.2, 0) is 110 Å². The normalized spacial score (nSPS) is 17.1. The molecule has 0 radical (unpaired) electrons. The number of carbonyl (C=O) groups is 23. The van der Waals surface area contributed by atoms with Gasteiger partial charge in [0.25, 0.3) is 0 Å². The third-order valence-corrected chi connectivity index (χ3v) is 21.8. The number of unbranched alkanes of at least 4 members (excludes halogenated alkanes) is 4. The minimum Gasteiger partial charge on any atom is -0.481 e. The van der Waals surface area contributed by atoms with Crippen molar-refractivity contribution in [3.63, 3.8) is 0 Å². The average molecular weight is 1960 g/mol. The summed E-state index contributed by atoms with van der Waals surface area (Å²) in [7, 11) is 0. The van der Waals surface area contributed by atoms with Gasteiger partial charge < -0.3 is 166 Å². The number of nitrogens with zero attached hydrogens (tertiary/aromatic N) is 2. The molecule has 774 valence electrons. The molecular weight excluding hydrogens is 1820 g/mol. The zero-order valence-electron chi connectivity index (χ0n) is 77.8. The quantitative estimate of drug-likeness (QED) is 0.0153. The lowest BCUT2D eigenvalue weighted by Gasteiger charge is -2.31.